The molecule has 18 heavy (non-hydrogen) atoms. The number of amides is 1. The number of alkyl halides is 1. The molecule has 0 spiro atoms. The van der Waals surface area contributed by atoms with Crippen molar-refractivity contribution >= 4 is 23.5 Å². The number of nitrogens with one attached hydrogen (secondary N) is 1. The van der Waals surface area contributed by atoms with Gasteiger partial charge in [-0.1, -0.05) is 5.10 Å². The summed E-state index contributed by atoms with van der Waals surface area (Å²) in [5.41, 5.74) is 0. The Morgan fingerprint density at radius 2 is 2.39 bits per heavy atom. The fraction of sp³-hybridized carbons (Fsp3) is 0.727. The van der Waals surface area contributed by atoms with Gasteiger partial charge in [0.15, 0.2) is 0 Å². The topological polar surface area (TPSA) is 71.3 Å². The summed E-state index contributed by atoms with van der Waals surface area (Å²) in [4.78, 5) is 13.7. The van der Waals surface area contributed by atoms with Crippen LogP contribution in [-0.4, -0.2) is 35.2 Å². The van der Waals surface area contributed by atoms with E-state index in [1.54, 1.807) is 6.92 Å². The first-order valence-electron chi connectivity index (χ1n) is 6.18. The predicted molar refractivity (Wildman–Crippen MR) is 65.4 cm³/mol. The van der Waals surface area contributed by atoms with Crippen molar-refractivity contribution in [3.8, 4) is 0 Å². The predicted octanol–water partition coefficient (Wildman–Crippen LogP) is 1.08. The van der Waals surface area contributed by atoms with Crippen molar-refractivity contribution in [2.45, 2.75) is 31.2 Å². The van der Waals surface area contributed by atoms with Crippen LogP contribution in [0.1, 0.15) is 31.0 Å². The monoisotopic (exact) mass is 270 g/mol. The van der Waals surface area contributed by atoms with Gasteiger partial charge in [0.05, 0.1) is 12.0 Å². The number of carbonyl (C=O) groups is 1. The molecule has 0 aromatic carbocycles. The van der Waals surface area contributed by atoms with Crippen LogP contribution in [0.15, 0.2) is 4.42 Å². The van der Waals surface area contributed by atoms with E-state index < -0.39 is 0 Å². The Kier molecular flexibility index (Phi) is 2.89. The zero-order valence-corrected chi connectivity index (χ0v) is 10.9. The van der Waals surface area contributed by atoms with Gasteiger partial charge in [0.1, 0.15) is 5.38 Å². The largest absolute Gasteiger partial charge is 0.406 e. The van der Waals surface area contributed by atoms with Gasteiger partial charge in [-0.05, 0) is 19.8 Å². The molecule has 3 unspecified atom stereocenters. The van der Waals surface area contributed by atoms with Crippen molar-refractivity contribution in [3.05, 3.63) is 5.89 Å². The van der Waals surface area contributed by atoms with E-state index in [2.05, 4.69) is 15.5 Å². The van der Waals surface area contributed by atoms with Crippen LogP contribution in [0, 0.1) is 5.92 Å². The highest BCUT2D eigenvalue weighted by Gasteiger charge is 2.42. The number of hydrogen-bond acceptors (Lipinski definition) is 5. The number of rotatable bonds is 2. The van der Waals surface area contributed by atoms with Crippen molar-refractivity contribution in [1.82, 2.24) is 15.5 Å². The van der Waals surface area contributed by atoms with E-state index in [0.29, 0.717) is 18.5 Å². The molecule has 0 radical (unpaired) electrons. The van der Waals surface area contributed by atoms with E-state index in [4.69, 9.17) is 16.0 Å². The zero-order valence-electron chi connectivity index (χ0n) is 10.1. The Morgan fingerprint density at radius 1 is 1.56 bits per heavy atom. The zero-order chi connectivity index (χ0) is 12.7. The molecular weight excluding hydrogens is 256 g/mol. The van der Waals surface area contributed by atoms with Crippen LogP contribution in [0.2, 0.25) is 0 Å². The molecule has 3 atom stereocenters. The van der Waals surface area contributed by atoms with Gasteiger partial charge < -0.3 is 14.6 Å². The maximum atomic E-state index is 11.7. The lowest BCUT2D eigenvalue weighted by molar-refractivity contribution is -0.123. The Hall–Kier alpha value is -1.30. The Labute approximate surface area is 110 Å². The summed E-state index contributed by atoms with van der Waals surface area (Å²) in [7, 11) is 0. The number of nitrogens with zero attached hydrogens (tertiary/aromatic N) is 3. The van der Waals surface area contributed by atoms with Crippen LogP contribution in [-0.2, 0) is 4.79 Å². The molecule has 7 heteroatoms. The number of carbonyl (C=O) groups excluding carboxylic acids is 1. The second-order valence-corrected chi connectivity index (χ2v) is 5.45. The van der Waals surface area contributed by atoms with Crippen molar-refractivity contribution in [3.63, 3.8) is 0 Å². The summed E-state index contributed by atoms with van der Waals surface area (Å²) >= 11 is 5.91. The van der Waals surface area contributed by atoms with Gasteiger partial charge in [-0.2, -0.15) is 0 Å². The molecule has 3 rings (SSSR count). The Balaban J connectivity index is 1.84. The maximum Gasteiger partial charge on any atom is 0.318 e. The minimum Gasteiger partial charge on any atom is -0.406 e. The molecule has 2 saturated heterocycles. The summed E-state index contributed by atoms with van der Waals surface area (Å²) in [5.74, 6) is 0.601. The number of fused-ring (bicyclic) bond motifs is 1. The van der Waals surface area contributed by atoms with Gasteiger partial charge in [-0.25, -0.2) is 0 Å². The van der Waals surface area contributed by atoms with Crippen molar-refractivity contribution in [1.29, 1.82) is 0 Å². The first-order chi connectivity index (χ1) is 8.66. The number of halogens is 1. The van der Waals surface area contributed by atoms with Crippen LogP contribution < -0.4 is 10.2 Å². The normalized spacial score (nSPS) is 29.0. The quantitative estimate of drug-likeness (QED) is 0.815. The number of aromatic nitrogens is 2. The standard InChI is InChI=1S/C11H15ClN4O2/c1-6(12)10-14-15-11(18-10)16-4-2-3-7-8(16)5-13-9(7)17/h6-8H,2-5H2,1H3,(H,13,17). The SMILES string of the molecule is CC(Cl)c1nnc(N2CCCC3C(=O)NCC32)o1. The third-order valence-corrected chi connectivity index (χ3v) is 3.80. The summed E-state index contributed by atoms with van der Waals surface area (Å²) in [6, 6.07) is 0.605. The molecule has 2 aliphatic rings. The van der Waals surface area contributed by atoms with Gasteiger partial charge in [0, 0.05) is 13.1 Å². The van der Waals surface area contributed by atoms with Crippen LogP contribution in [0.4, 0.5) is 6.01 Å². The summed E-state index contributed by atoms with van der Waals surface area (Å²) in [6.07, 6.45) is 1.89. The lowest BCUT2D eigenvalue weighted by Gasteiger charge is -2.34. The lowest BCUT2D eigenvalue weighted by atomic mass is 9.92. The third-order valence-electron chi connectivity index (χ3n) is 3.62. The van der Waals surface area contributed by atoms with E-state index in [0.717, 1.165) is 19.4 Å². The fourth-order valence-electron chi connectivity index (χ4n) is 2.69. The third kappa shape index (κ3) is 1.84. The minimum absolute atomic E-state index is 0.0440. The molecule has 0 bridgehead atoms. The van der Waals surface area contributed by atoms with E-state index in [1.165, 1.54) is 0 Å². The molecule has 2 aliphatic heterocycles. The van der Waals surface area contributed by atoms with Crippen LogP contribution >= 0.6 is 11.6 Å². The van der Waals surface area contributed by atoms with Crippen molar-refractivity contribution in [2.75, 3.05) is 18.0 Å². The first-order valence-corrected chi connectivity index (χ1v) is 6.62. The summed E-state index contributed by atoms with van der Waals surface area (Å²) < 4.78 is 5.56. The van der Waals surface area contributed by atoms with E-state index in [9.17, 15) is 4.79 Å². The lowest BCUT2D eigenvalue weighted by Crippen LogP contribution is -2.45. The molecule has 1 N–H and O–H groups in total. The molecule has 1 aromatic rings. The van der Waals surface area contributed by atoms with Crippen LogP contribution in [0.25, 0.3) is 0 Å². The van der Waals surface area contributed by atoms with Crippen molar-refractivity contribution < 1.29 is 9.21 Å². The van der Waals surface area contributed by atoms with Gasteiger partial charge in [0.2, 0.25) is 11.8 Å². The molecule has 6 nitrogen and oxygen atoms in total. The molecule has 0 saturated carbocycles. The highest BCUT2D eigenvalue weighted by atomic mass is 35.5. The average molecular weight is 271 g/mol. The van der Waals surface area contributed by atoms with Gasteiger partial charge >= 0.3 is 6.01 Å². The van der Waals surface area contributed by atoms with Gasteiger partial charge in [0.25, 0.3) is 0 Å². The summed E-state index contributed by atoms with van der Waals surface area (Å²) in [5, 5.41) is 10.6. The molecule has 1 amide bonds. The number of piperidine rings is 1. The molecule has 0 aliphatic carbocycles. The Bertz CT molecular complexity index is 462. The van der Waals surface area contributed by atoms with Gasteiger partial charge in [-0.15, -0.1) is 16.7 Å². The second kappa shape index (κ2) is 4.42. The average Bonchev–Trinajstić information content (AvgIpc) is 2.97. The number of anilines is 1. The first kappa shape index (κ1) is 11.8. The highest BCUT2D eigenvalue weighted by molar-refractivity contribution is 6.20. The van der Waals surface area contributed by atoms with E-state index in [1.807, 2.05) is 4.90 Å². The fourth-order valence-corrected chi connectivity index (χ4v) is 2.78. The Morgan fingerprint density at radius 3 is 3.11 bits per heavy atom. The second-order valence-electron chi connectivity index (χ2n) is 4.79. The molecule has 1 aromatic heterocycles. The van der Waals surface area contributed by atoms with Crippen LogP contribution in [0.3, 0.4) is 0 Å². The molecular formula is C11H15ClN4O2. The summed E-state index contributed by atoms with van der Waals surface area (Å²) in [6.45, 7) is 3.28. The molecule has 2 fully saturated rings. The smallest absolute Gasteiger partial charge is 0.318 e. The van der Waals surface area contributed by atoms with E-state index >= 15 is 0 Å². The van der Waals surface area contributed by atoms with Gasteiger partial charge in [-0.3, -0.25) is 4.79 Å². The van der Waals surface area contributed by atoms with Crippen molar-refractivity contribution in [2.24, 2.45) is 5.92 Å². The van der Waals surface area contributed by atoms with E-state index in [-0.39, 0.29) is 23.2 Å². The minimum atomic E-state index is -0.296. The molecule has 3 heterocycles. The maximum absolute atomic E-state index is 11.7. The van der Waals surface area contributed by atoms with Crippen LogP contribution in [0.5, 0.6) is 0 Å². The number of hydrogen-bond donors (Lipinski definition) is 1. The molecule has 98 valence electrons. The highest BCUT2D eigenvalue weighted by Crippen LogP contribution is 2.31.